The van der Waals surface area contributed by atoms with Crippen molar-refractivity contribution in [3.8, 4) is 5.19 Å². The first kappa shape index (κ1) is 14.5. The summed E-state index contributed by atoms with van der Waals surface area (Å²) in [5, 5.41) is 10.9. The molecular weight excluding hydrogens is 272 g/mol. The zero-order valence-electron chi connectivity index (χ0n) is 9.71. The van der Waals surface area contributed by atoms with Gasteiger partial charge >= 0.3 is 0 Å². The van der Waals surface area contributed by atoms with E-state index in [1.807, 2.05) is 24.3 Å². The number of carboxylic acid groups (broad SMARTS) is 1. The fourth-order valence-electron chi connectivity index (χ4n) is 1.25. The summed E-state index contributed by atoms with van der Waals surface area (Å²) in [5.41, 5.74) is 0.843. The number of fused-ring (bicyclic) bond motifs is 1. The van der Waals surface area contributed by atoms with Crippen LogP contribution in [0.3, 0.4) is 0 Å². The van der Waals surface area contributed by atoms with Gasteiger partial charge in [0.25, 0.3) is 5.19 Å². The molecule has 5 nitrogen and oxygen atoms in total. The second-order valence-corrected chi connectivity index (χ2v) is 4.74. The van der Waals surface area contributed by atoms with Gasteiger partial charge in [-0.2, -0.15) is 0 Å². The third-order valence-corrected chi connectivity index (χ3v) is 3.21. The van der Waals surface area contributed by atoms with Crippen LogP contribution in [0.2, 0.25) is 0 Å². The molecule has 96 valence electrons. The zero-order chi connectivity index (χ0) is 12.3. The van der Waals surface area contributed by atoms with Crippen LogP contribution in [0.25, 0.3) is 10.2 Å². The van der Waals surface area contributed by atoms with E-state index in [2.05, 4.69) is 4.98 Å². The molecule has 1 aromatic carbocycles. The number of hydrogen-bond donors (Lipinski definition) is 1. The molecule has 0 bridgehead atoms. The van der Waals surface area contributed by atoms with Crippen LogP contribution in [0.4, 0.5) is 0 Å². The molecule has 7 heteroatoms. The summed E-state index contributed by atoms with van der Waals surface area (Å²) in [4.78, 5) is 14.5. The number of aliphatic carboxylic acids is 1. The molecule has 0 unspecified atom stereocenters. The molecular formula is C11H12N2O3S2. The number of hydrogen-bond acceptors (Lipinski definition) is 6. The highest BCUT2D eigenvalue weighted by Crippen LogP contribution is 2.27. The Labute approximate surface area is 113 Å². The zero-order valence-corrected chi connectivity index (χ0v) is 11.3. The number of benzene rings is 1. The van der Waals surface area contributed by atoms with Crippen molar-refractivity contribution in [1.29, 1.82) is 0 Å². The molecule has 1 heterocycles. The summed E-state index contributed by atoms with van der Waals surface area (Å²) < 4.78 is 6.30. The molecule has 0 aliphatic rings. The molecule has 0 fully saturated rings. The Bertz CT molecular complexity index is 535. The van der Waals surface area contributed by atoms with Crippen molar-refractivity contribution in [1.82, 2.24) is 11.1 Å². The summed E-state index contributed by atoms with van der Waals surface area (Å²) in [6.45, 7) is 0. The lowest BCUT2D eigenvalue weighted by molar-refractivity contribution is -0.305. The minimum absolute atomic E-state index is 0. The first-order valence-corrected chi connectivity index (χ1v) is 6.14. The summed E-state index contributed by atoms with van der Waals surface area (Å²) >= 11 is 6.29. The SMILES string of the molecule is O=C([O-])CCC(=S)Oc1nc2ccccc2s1.[NH4+]. The average molecular weight is 284 g/mol. The van der Waals surface area contributed by atoms with E-state index in [9.17, 15) is 9.90 Å². The van der Waals surface area contributed by atoms with Crippen molar-refractivity contribution in [2.45, 2.75) is 12.8 Å². The van der Waals surface area contributed by atoms with E-state index in [1.54, 1.807) is 0 Å². The molecule has 0 aliphatic carbocycles. The number of carbonyl (C=O) groups is 1. The number of ether oxygens (including phenoxy) is 1. The van der Waals surface area contributed by atoms with Crippen molar-refractivity contribution in [3.63, 3.8) is 0 Å². The fourth-order valence-corrected chi connectivity index (χ4v) is 2.32. The Morgan fingerprint density at radius 1 is 1.39 bits per heavy atom. The predicted molar refractivity (Wildman–Crippen MR) is 73.1 cm³/mol. The smallest absolute Gasteiger partial charge is 0.280 e. The van der Waals surface area contributed by atoms with E-state index >= 15 is 0 Å². The molecule has 0 radical (unpaired) electrons. The van der Waals surface area contributed by atoms with Gasteiger partial charge in [0.05, 0.1) is 10.2 Å². The molecule has 0 aliphatic heterocycles. The molecule has 4 N–H and O–H groups in total. The molecule has 1 aromatic heterocycles. The normalized spacial score (nSPS) is 9.78. The topological polar surface area (TPSA) is 98.8 Å². The van der Waals surface area contributed by atoms with Gasteiger partial charge < -0.3 is 20.8 Å². The van der Waals surface area contributed by atoms with Crippen LogP contribution in [0.5, 0.6) is 5.19 Å². The van der Waals surface area contributed by atoms with E-state index in [0.29, 0.717) is 5.19 Å². The van der Waals surface area contributed by atoms with Gasteiger partial charge in [-0.15, -0.1) is 0 Å². The van der Waals surface area contributed by atoms with Gasteiger partial charge in [0.15, 0.2) is 5.05 Å². The second-order valence-electron chi connectivity index (χ2n) is 3.29. The average Bonchev–Trinajstić information content (AvgIpc) is 2.68. The van der Waals surface area contributed by atoms with Gasteiger partial charge in [-0.05, 0) is 30.8 Å². The maximum Gasteiger partial charge on any atom is 0.280 e. The lowest BCUT2D eigenvalue weighted by Crippen LogP contribution is -2.23. The molecule has 0 atom stereocenters. The Kier molecular flexibility index (Phi) is 5.14. The molecule has 2 rings (SSSR count). The highest BCUT2D eigenvalue weighted by Gasteiger charge is 2.06. The third-order valence-electron chi connectivity index (χ3n) is 2.01. The maximum absolute atomic E-state index is 10.3. The lowest BCUT2D eigenvalue weighted by atomic mass is 10.3. The number of rotatable bonds is 4. The van der Waals surface area contributed by atoms with Crippen LogP contribution in [0.1, 0.15) is 12.8 Å². The highest BCUT2D eigenvalue weighted by atomic mass is 32.1. The Balaban J connectivity index is 0.00000162. The third kappa shape index (κ3) is 3.73. The fraction of sp³-hybridized carbons (Fsp3) is 0.182. The molecule has 18 heavy (non-hydrogen) atoms. The second kappa shape index (κ2) is 6.39. The van der Waals surface area contributed by atoms with E-state index in [-0.39, 0.29) is 24.0 Å². The number of nitrogens with zero attached hydrogens (tertiary/aromatic N) is 1. The van der Waals surface area contributed by atoms with Gasteiger partial charge in [-0.25, -0.2) is 4.98 Å². The number of carbonyl (C=O) groups excluding carboxylic acids is 1. The van der Waals surface area contributed by atoms with E-state index < -0.39 is 5.97 Å². The van der Waals surface area contributed by atoms with E-state index in [0.717, 1.165) is 10.2 Å². The summed E-state index contributed by atoms with van der Waals surface area (Å²) in [6, 6.07) is 7.62. The van der Waals surface area contributed by atoms with Gasteiger partial charge in [0.2, 0.25) is 0 Å². The Morgan fingerprint density at radius 3 is 2.78 bits per heavy atom. The molecule has 2 aromatic rings. The monoisotopic (exact) mass is 284 g/mol. The van der Waals surface area contributed by atoms with Crippen LogP contribution in [-0.2, 0) is 4.79 Å². The van der Waals surface area contributed by atoms with Crippen LogP contribution in [-0.4, -0.2) is 16.0 Å². The Morgan fingerprint density at radius 2 is 2.11 bits per heavy atom. The maximum atomic E-state index is 10.3. The summed E-state index contributed by atoms with van der Waals surface area (Å²) in [7, 11) is 0. The number of thiocarbonyl (C=S) groups is 1. The van der Waals surface area contributed by atoms with Gasteiger partial charge in [0.1, 0.15) is 0 Å². The van der Waals surface area contributed by atoms with Crippen LogP contribution in [0, 0.1) is 0 Å². The lowest BCUT2D eigenvalue weighted by Gasteiger charge is -2.03. The summed E-state index contributed by atoms with van der Waals surface area (Å²) in [5.74, 6) is -1.14. The quantitative estimate of drug-likeness (QED) is 0.864. The van der Waals surface area contributed by atoms with Gasteiger partial charge in [-0.1, -0.05) is 23.5 Å². The van der Waals surface area contributed by atoms with E-state index in [4.69, 9.17) is 17.0 Å². The van der Waals surface area contributed by atoms with Gasteiger partial charge in [-0.3, -0.25) is 0 Å². The minimum Gasteiger partial charge on any atom is -0.550 e. The molecule has 0 saturated heterocycles. The summed E-state index contributed by atoms with van der Waals surface area (Å²) in [6.07, 6.45) is 0.0251. The van der Waals surface area contributed by atoms with Gasteiger partial charge in [0, 0.05) is 12.4 Å². The minimum atomic E-state index is -1.14. The van der Waals surface area contributed by atoms with Crippen LogP contribution in [0.15, 0.2) is 24.3 Å². The molecule has 0 spiro atoms. The van der Waals surface area contributed by atoms with Crippen molar-refractivity contribution >= 4 is 44.8 Å². The number of quaternary nitrogens is 1. The van der Waals surface area contributed by atoms with Crippen molar-refractivity contribution in [3.05, 3.63) is 24.3 Å². The molecule has 0 amide bonds. The predicted octanol–water partition coefficient (Wildman–Crippen LogP) is 1.91. The van der Waals surface area contributed by atoms with Crippen molar-refractivity contribution in [2.24, 2.45) is 0 Å². The largest absolute Gasteiger partial charge is 0.550 e. The first-order chi connectivity index (χ1) is 8.15. The Hall–Kier alpha value is -1.57. The standard InChI is InChI=1S/C11H9NO3S2.H3N/c13-9(14)5-6-10(16)15-11-12-7-3-1-2-4-8(7)17-11;/h1-4H,5-6H2,(H,13,14);1H3. The van der Waals surface area contributed by atoms with Crippen molar-refractivity contribution in [2.75, 3.05) is 0 Å². The first-order valence-electron chi connectivity index (χ1n) is 4.91. The van der Waals surface area contributed by atoms with Crippen molar-refractivity contribution < 1.29 is 14.6 Å². The number of para-hydroxylation sites is 1. The highest BCUT2D eigenvalue weighted by molar-refractivity contribution is 7.80. The molecule has 0 saturated carbocycles. The number of thiazole rings is 1. The van der Waals surface area contributed by atoms with E-state index in [1.165, 1.54) is 11.3 Å². The number of aromatic nitrogens is 1. The van der Waals surface area contributed by atoms with Crippen LogP contribution < -0.4 is 16.0 Å². The van der Waals surface area contributed by atoms with Crippen LogP contribution >= 0.6 is 23.6 Å². The number of carboxylic acids is 1.